The molecule has 2 amide bonds. The molecule has 0 aliphatic carbocycles. The number of methoxy groups -OCH3 is 1. The number of carbonyl (C=O) groups is 4. The molecule has 1 N–H and O–H groups in total. The number of esters is 1. The maximum absolute atomic E-state index is 13.2. The van der Waals surface area contributed by atoms with Crippen molar-refractivity contribution in [3.8, 4) is 11.1 Å². The normalized spacial score (nSPS) is 26.8. The van der Waals surface area contributed by atoms with Crippen LogP contribution in [0.5, 0.6) is 0 Å². The summed E-state index contributed by atoms with van der Waals surface area (Å²) in [5.74, 6) is -4.90. The predicted molar refractivity (Wildman–Crippen MR) is 128 cm³/mol. The van der Waals surface area contributed by atoms with Crippen molar-refractivity contribution >= 4 is 23.8 Å². The minimum Gasteiger partial charge on any atom is -0.475 e. The highest BCUT2D eigenvalue weighted by Gasteiger charge is 2.72. The number of amides is 2. The van der Waals surface area contributed by atoms with Crippen LogP contribution in [-0.2, 0) is 23.9 Å². The van der Waals surface area contributed by atoms with Crippen molar-refractivity contribution in [1.82, 2.24) is 9.80 Å². The zero-order valence-corrected chi connectivity index (χ0v) is 20.8. The smallest absolute Gasteiger partial charge is 0.475 e. The van der Waals surface area contributed by atoms with Crippen LogP contribution in [0.3, 0.4) is 0 Å². The summed E-state index contributed by atoms with van der Waals surface area (Å²) in [5, 5.41) is 7.12. The number of benzene rings is 2. The molecule has 5 rings (SSSR count). The zero-order chi connectivity index (χ0) is 27.8. The second kappa shape index (κ2) is 10.2. The Kier molecular flexibility index (Phi) is 7.33. The maximum atomic E-state index is 13.2. The topological polar surface area (TPSA) is 104 Å². The molecule has 4 atom stereocenters. The Bertz CT molecular complexity index is 1230. The molecule has 3 fully saturated rings. The molecule has 11 heteroatoms. The van der Waals surface area contributed by atoms with E-state index < -0.39 is 35.5 Å². The van der Waals surface area contributed by atoms with Crippen molar-refractivity contribution < 1.29 is 42.2 Å². The lowest BCUT2D eigenvalue weighted by Gasteiger charge is -2.44. The van der Waals surface area contributed by atoms with E-state index in [0.29, 0.717) is 13.0 Å². The number of nitrogens with zero attached hydrogens (tertiary/aromatic N) is 2. The molecule has 3 saturated heterocycles. The summed E-state index contributed by atoms with van der Waals surface area (Å²) < 4.78 is 37.0. The van der Waals surface area contributed by atoms with Crippen LogP contribution in [0.4, 0.5) is 13.2 Å². The van der Waals surface area contributed by atoms with Gasteiger partial charge in [0.1, 0.15) is 5.54 Å². The van der Waals surface area contributed by atoms with E-state index in [2.05, 4.69) is 17.0 Å². The van der Waals surface area contributed by atoms with Gasteiger partial charge in [0, 0.05) is 13.1 Å². The Balaban J connectivity index is 0.000000426. The van der Waals surface area contributed by atoms with Gasteiger partial charge < -0.3 is 9.84 Å². The molecule has 0 unspecified atom stereocenters. The van der Waals surface area contributed by atoms with Gasteiger partial charge in [0.25, 0.3) is 0 Å². The van der Waals surface area contributed by atoms with Gasteiger partial charge in [-0.25, -0.2) is 4.79 Å². The monoisotopic (exact) mass is 532 g/mol. The summed E-state index contributed by atoms with van der Waals surface area (Å²) in [6, 6.07) is 17.9. The molecular formula is C27H27F3N2O6. The Labute approximate surface area is 217 Å². The highest BCUT2D eigenvalue weighted by atomic mass is 19.4. The number of ether oxygens (including phenoxy) is 1. The van der Waals surface area contributed by atoms with Crippen LogP contribution < -0.4 is 0 Å². The summed E-state index contributed by atoms with van der Waals surface area (Å²) in [4.78, 5) is 51.7. The maximum Gasteiger partial charge on any atom is 0.490 e. The van der Waals surface area contributed by atoms with E-state index >= 15 is 0 Å². The molecule has 202 valence electrons. The van der Waals surface area contributed by atoms with Crippen LogP contribution in [0.2, 0.25) is 0 Å². The first-order valence-electron chi connectivity index (χ1n) is 12.1. The van der Waals surface area contributed by atoms with Crippen molar-refractivity contribution in [2.45, 2.75) is 37.0 Å². The Morgan fingerprint density at radius 3 is 2.11 bits per heavy atom. The molecular weight excluding hydrogens is 505 g/mol. The van der Waals surface area contributed by atoms with Gasteiger partial charge >= 0.3 is 18.1 Å². The average Bonchev–Trinajstić information content (AvgIpc) is 3.34. The molecule has 2 aromatic carbocycles. The van der Waals surface area contributed by atoms with Crippen LogP contribution >= 0.6 is 0 Å². The van der Waals surface area contributed by atoms with E-state index in [0.717, 1.165) is 29.5 Å². The molecule has 38 heavy (non-hydrogen) atoms. The second-order valence-corrected chi connectivity index (χ2v) is 9.54. The lowest BCUT2D eigenvalue weighted by Crippen LogP contribution is -2.59. The van der Waals surface area contributed by atoms with Crippen LogP contribution in [-0.4, -0.2) is 71.1 Å². The molecule has 2 aromatic rings. The Morgan fingerprint density at radius 1 is 0.974 bits per heavy atom. The van der Waals surface area contributed by atoms with Gasteiger partial charge in [0.05, 0.1) is 18.9 Å². The number of aliphatic carboxylic acids is 1. The van der Waals surface area contributed by atoms with E-state index in [1.165, 1.54) is 19.1 Å². The number of fused-ring (bicyclic) bond motifs is 3. The fraction of sp³-hybridized carbons (Fsp3) is 0.407. The van der Waals surface area contributed by atoms with Crippen LogP contribution in [0.1, 0.15) is 30.9 Å². The third-order valence-electron chi connectivity index (χ3n) is 7.62. The Morgan fingerprint density at radius 2 is 1.55 bits per heavy atom. The fourth-order valence-corrected chi connectivity index (χ4v) is 6.00. The zero-order valence-electron chi connectivity index (χ0n) is 20.8. The molecule has 3 aliphatic rings. The number of alkyl halides is 3. The minimum absolute atomic E-state index is 0.204. The number of piperidine rings is 1. The third-order valence-corrected chi connectivity index (χ3v) is 7.62. The van der Waals surface area contributed by atoms with E-state index in [1.807, 2.05) is 42.5 Å². The van der Waals surface area contributed by atoms with Crippen molar-refractivity contribution in [2.24, 2.45) is 11.8 Å². The number of imide groups is 1. The number of carboxylic acids is 1. The lowest BCUT2D eigenvalue weighted by atomic mass is 9.75. The second-order valence-electron chi connectivity index (χ2n) is 9.54. The van der Waals surface area contributed by atoms with E-state index in [4.69, 9.17) is 14.6 Å². The number of likely N-dealkylation sites (tertiary alicyclic amines) is 1. The van der Waals surface area contributed by atoms with Gasteiger partial charge in [0.15, 0.2) is 0 Å². The molecule has 3 heterocycles. The number of halogens is 3. The minimum atomic E-state index is -5.08. The standard InChI is InChI=1S/C25H26N2O4.C2HF3O2/c1-26-22(28)19-20(23(26)29)25(24(30)31-2)14-6-7-15-27(25)21(19)18-12-10-17(11-13-18)16-8-4-3-5-9-16;3-2(4,5)1(6)7/h3-5,8-13,19-21H,6-7,14-15H2,1-2H3;(H,6,7)/t19-,20-,21+,25-;/m0./s1. The highest BCUT2D eigenvalue weighted by Crippen LogP contribution is 2.58. The van der Waals surface area contributed by atoms with Gasteiger partial charge in [0.2, 0.25) is 11.8 Å². The Hall–Kier alpha value is -3.73. The average molecular weight is 533 g/mol. The molecule has 0 saturated carbocycles. The van der Waals surface area contributed by atoms with E-state index in [-0.39, 0.29) is 17.9 Å². The molecule has 0 aromatic heterocycles. The van der Waals surface area contributed by atoms with Gasteiger partial charge in [-0.1, -0.05) is 54.6 Å². The largest absolute Gasteiger partial charge is 0.490 e. The van der Waals surface area contributed by atoms with Crippen molar-refractivity contribution in [3.05, 3.63) is 60.2 Å². The molecule has 0 bridgehead atoms. The van der Waals surface area contributed by atoms with Crippen molar-refractivity contribution in [3.63, 3.8) is 0 Å². The number of hydrogen-bond acceptors (Lipinski definition) is 6. The van der Waals surface area contributed by atoms with Gasteiger partial charge in [-0.05, 0) is 42.5 Å². The van der Waals surface area contributed by atoms with Crippen LogP contribution in [0.25, 0.3) is 11.1 Å². The van der Waals surface area contributed by atoms with Crippen LogP contribution in [0, 0.1) is 11.8 Å². The van der Waals surface area contributed by atoms with Crippen molar-refractivity contribution in [1.29, 1.82) is 0 Å². The van der Waals surface area contributed by atoms with Gasteiger partial charge in [-0.2, -0.15) is 13.2 Å². The third kappa shape index (κ3) is 4.44. The first-order valence-corrected chi connectivity index (χ1v) is 12.1. The summed E-state index contributed by atoms with van der Waals surface area (Å²) >= 11 is 0. The van der Waals surface area contributed by atoms with E-state index in [1.54, 1.807) is 0 Å². The van der Waals surface area contributed by atoms with Gasteiger partial charge in [-0.3, -0.25) is 24.2 Å². The first-order chi connectivity index (χ1) is 17.9. The summed E-state index contributed by atoms with van der Waals surface area (Å²) in [5.41, 5.74) is 2.09. The van der Waals surface area contributed by atoms with E-state index in [9.17, 15) is 27.6 Å². The number of hydrogen-bond donors (Lipinski definition) is 1. The molecule has 8 nitrogen and oxygen atoms in total. The summed E-state index contributed by atoms with van der Waals surface area (Å²) in [6.45, 7) is 0.664. The van der Waals surface area contributed by atoms with Crippen LogP contribution in [0.15, 0.2) is 54.6 Å². The first kappa shape index (κ1) is 27.3. The summed E-state index contributed by atoms with van der Waals surface area (Å²) in [7, 11) is 2.89. The molecule has 0 radical (unpaired) electrons. The fourth-order valence-electron chi connectivity index (χ4n) is 6.00. The lowest BCUT2D eigenvalue weighted by molar-refractivity contribution is -0.192. The van der Waals surface area contributed by atoms with Gasteiger partial charge in [-0.15, -0.1) is 0 Å². The number of carboxylic acid groups (broad SMARTS) is 1. The highest BCUT2D eigenvalue weighted by molar-refractivity contribution is 6.09. The number of carbonyl (C=O) groups excluding carboxylic acids is 3. The van der Waals surface area contributed by atoms with Crippen molar-refractivity contribution in [2.75, 3.05) is 20.7 Å². The quantitative estimate of drug-likeness (QED) is 0.475. The molecule has 0 spiro atoms. The number of rotatable bonds is 3. The predicted octanol–water partition coefficient (Wildman–Crippen LogP) is 3.67. The SMILES string of the molecule is COC(=O)[C@@]12CCCCN1[C@H](c1ccc(-c3ccccc3)cc1)[C@H]1C(=O)N(C)C(=O)[C@H]12.O=C(O)C(F)(F)F. The molecule has 3 aliphatic heterocycles. The summed E-state index contributed by atoms with van der Waals surface area (Å²) in [6.07, 6.45) is -2.79.